The number of halogens is 1. The molecule has 0 aromatic heterocycles. The maximum atomic E-state index is 12.8. The first-order chi connectivity index (χ1) is 9.84. The summed E-state index contributed by atoms with van der Waals surface area (Å²) in [4.78, 5) is 24.2. The van der Waals surface area contributed by atoms with E-state index in [0.29, 0.717) is 10.6 Å². The number of carbonyl (C=O) groups excluding carboxylic acids is 2. The third kappa shape index (κ3) is 3.34. The van der Waals surface area contributed by atoms with Gasteiger partial charge in [0, 0.05) is 31.4 Å². The van der Waals surface area contributed by atoms with Gasteiger partial charge < -0.3 is 0 Å². The van der Waals surface area contributed by atoms with Crippen molar-refractivity contribution in [2.24, 2.45) is 0 Å². The number of hydrazine groups is 1. The molecule has 21 heavy (non-hydrogen) atoms. The highest BCUT2D eigenvalue weighted by Gasteiger charge is 2.43. The minimum Gasteiger partial charge on any atom is -0.263 e. The topological polar surface area (TPSA) is 40.4 Å². The Bertz CT molecular complexity index is 579. The van der Waals surface area contributed by atoms with Gasteiger partial charge in [-0.25, -0.2) is 0 Å². The smallest absolute Gasteiger partial charge is 0.263 e. The van der Waals surface area contributed by atoms with Crippen LogP contribution >= 0.6 is 11.6 Å². The zero-order valence-electron chi connectivity index (χ0n) is 12.6. The third-order valence-corrected chi connectivity index (χ3v) is 3.91. The number of hydrogen-bond donors (Lipinski definition) is 0. The molecule has 0 radical (unpaired) electrons. The molecule has 1 aliphatic rings. The van der Waals surface area contributed by atoms with Gasteiger partial charge in [0.2, 0.25) is 0 Å². The minimum absolute atomic E-state index is 0.0638. The maximum Gasteiger partial charge on any atom is 0.456 e. The number of nitrogens with zero attached hydrogens (tertiary/aromatic N) is 2. The SMILES string of the molecule is CC(C)(C)[N+](=C=O)N(C(=O)c1ccc(Cl)cc1)C1CCC1. The van der Waals surface area contributed by atoms with E-state index in [4.69, 9.17) is 11.6 Å². The Morgan fingerprint density at radius 2 is 1.86 bits per heavy atom. The molecule has 1 aliphatic carbocycles. The molecule has 112 valence electrons. The van der Waals surface area contributed by atoms with Gasteiger partial charge >= 0.3 is 12.0 Å². The molecule has 1 aromatic rings. The summed E-state index contributed by atoms with van der Waals surface area (Å²) in [6, 6.07) is 6.79. The van der Waals surface area contributed by atoms with Crippen molar-refractivity contribution in [1.82, 2.24) is 5.01 Å². The summed E-state index contributed by atoms with van der Waals surface area (Å²) in [5.41, 5.74) is 0.0233. The fourth-order valence-corrected chi connectivity index (χ4v) is 2.41. The zero-order valence-corrected chi connectivity index (χ0v) is 13.4. The maximum absolute atomic E-state index is 12.8. The van der Waals surface area contributed by atoms with E-state index in [2.05, 4.69) is 0 Å². The molecular weight excluding hydrogens is 288 g/mol. The molecule has 5 heteroatoms. The van der Waals surface area contributed by atoms with Gasteiger partial charge in [0.15, 0.2) is 5.54 Å². The number of benzene rings is 1. The molecule has 1 aromatic carbocycles. The Morgan fingerprint density at radius 1 is 1.29 bits per heavy atom. The van der Waals surface area contributed by atoms with Gasteiger partial charge in [0.1, 0.15) is 0 Å². The molecule has 1 saturated carbocycles. The van der Waals surface area contributed by atoms with E-state index in [1.54, 1.807) is 29.3 Å². The third-order valence-electron chi connectivity index (χ3n) is 3.66. The first-order valence-electron chi connectivity index (χ1n) is 7.11. The summed E-state index contributed by atoms with van der Waals surface area (Å²) in [5, 5.41) is 2.14. The molecule has 0 heterocycles. The van der Waals surface area contributed by atoms with Crippen molar-refractivity contribution in [3.05, 3.63) is 34.9 Å². The molecule has 4 nitrogen and oxygen atoms in total. The number of rotatable bonds is 3. The molecule has 0 spiro atoms. The highest BCUT2D eigenvalue weighted by atomic mass is 35.5. The number of isocyanates is 1. The molecule has 2 rings (SSSR count). The second-order valence-electron chi connectivity index (χ2n) is 6.32. The van der Waals surface area contributed by atoms with Gasteiger partial charge in [-0.05, 0) is 48.2 Å². The highest BCUT2D eigenvalue weighted by Crippen LogP contribution is 2.28. The Kier molecular flexibility index (Phi) is 4.50. The minimum atomic E-state index is -0.501. The van der Waals surface area contributed by atoms with Crippen LogP contribution in [0.1, 0.15) is 50.4 Å². The molecule has 1 amide bonds. The molecule has 0 unspecified atom stereocenters. The van der Waals surface area contributed by atoms with Crippen molar-refractivity contribution < 1.29 is 14.3 Å². The summed E-state index contributed by atoms with van der Waals surface area (Å²) < 4.78 is 1.38. The first-order valence-corrected chi connectivity index (χ1v) is 7.49. The van der Waals surface area contributed by atoms with Gasteiger partial charge in [-0.15, -0.1) is 0 Å². The van der Waals surface area contributed by atoms with Crippen LogP contribution in [-0.2, 0) is 4.79 Å². The lowest BCUT2D eigenvalue weighted by atomic mass is 9.91. The van der Waals surface area contributed by atoms with E-state index in [0.717, 1.165) is 19.3 Å². The molecule has 0 atom stereocenters. The Morgan fingerprint density at radius 3 is 2.24 bits per heavy atom. The van der Waals surface area contributed by atoms with Crippen molar-refractivity contribution in [1.29, 1.82) is 0 Å². The quantitative estimate of drug-likeness (QED) is 0.372. The molecule has 0 N–H and O–H groups in total. The summed E-state index contributed by atoms with van der Waals surface area (Å²) in [7, 11) is 0. The molecular formula is C16H20ClN2O2+. The summed E-state index contributed by atoms with van der Waals surface area (Å²) in [6.07, 6.45) is 4.81. The lowest BCUT2D eigenvalue weighted by molar-refractivity contribution is -0.728. The Balaban J connectivity index is 2.38. The van der Waals surface area contributed by atoms with Crippen molar-refractivity contribution in [3.63, 3.8) is 0 Å². The lowest BCUT2D eigenvalue weighted by Gasteiger charge is -2.34. The number of hydrogen-bond acceptors (Lipinski definition) is 2. The first kappa shape index (κ1) is 15.7. The largest absolute Gasteiger partial charge is 0.456 e. The van der Waals surface area contributed by atoms with Crippen LogP contribution < -0.4 is 0 Å². The second kappa shape index (κ2) is 6.00. The van der Waals surface area contributed by atoms with Gasteiger partial charge in [-0.2, -0.15) is 4.79 Å². The monoisotopic (exact) mass is 307 g/mol. The fourth-order valence-electron chi connectivity index (χ4n) is 2.28. The predicted molar refractivity (Wildman–Crippen MR) is 81.0 cm³/mol. The van der Waals surface area contributed by atoms with E-state index in [9.17, 15) is 9.59 Å². The summed E-state index contributed by atoms with van der Waals surface area (Å²) in [5.74, 6) is -0.186. The molecule has 0 bridgehead atoms. The highest BCUT2D eigenvalue weighted by molar-refractivity contribution is 6.30. The van der Waals surface area contributed by atoms with Crippen LogP contribution in [-0.4, -0.2) is 33.3 Å². The van der Waals surface area contributed by atoms with E-state index in [1.807, 2.05) is 26.9 Å². The predicted octanol–water partition coefficient (Wildman–Crippen LogP) is 3.40. The van der Waals surface area contributed by atoms with E-state index < -0.39 is 5.54 Å². The Labute approximate surface area is 130 Å². The van der Waals surface area contributed by atoms with Crippen molar-refractivity contribution in [2.75, 3.05) is 0 Å². The standard InChI is InChI=1S/C16H20ClN2O2/c1-16(2,3)18(11-20)19(14-5-4-6-14)15(21)12-7-9-13(17)10-8-12/h7-10,14H,4-6H2,1-3H3/q+1. The number of amides is 1. The van der Waals surface area contributed by atoms with E-state index in [1.165, 1.54) is 4.68 Å². The van der Waals surface area contributed by atoms with Crippen LogP contribution in [0.3, 0.4) is 0 Å². The molecule has 0 aliphatic heterocycles. The van der Waals surface area contributed by atoms with Crippen LogP contribution in [0.25, 0.3) is 0 Å². The number of carbonyl (C=O) groups is 1. The van der Waals surface area contributed by atoms with Crippen LogP contribution in [0, 0.1) is 0 Å². The van der Waals surface area contributed by atoms with Gasteiger partial charge in [0.05, 0.1) is 6.04 Å². The molecule has 0 saturated heterocycles. The van der Waals surface area contributed by atoms with Crippen molar-refractivity contribution in [3.8, 4) is 0 Å². The summed E-state index contributed by atoms with van der Waals surface area (Å²) >= 11 is 5.86. The fraction of sp³-hybridized carbons (Fsp3) is 0.500. The van der Waals surface area contributed by atoms with Crippen molar-refractivity contribution in [2.45, 2.75) is 51.6 Å². The average Bonchev–Trinajstić information content (AvgIpc) is 2.35. The van der Waals surface area contributed by atoms with Crippen molar-refractivity contribution >= 4 is 23.6 Å². The summed E-state index contributed by atoms with van der Waals surface area (Å²) in [6.45, 7) is 5.66. The average molecular weight is 308 g/mol. The van der Waals surface area contributed by atoms with Crippen LogP contribution in [0.5, 0.6) is 0 Å². The lowest BCUT2D eigenvalue weighted by Crippen LogP contribution is -2.55. The number of hydrazone groups is 1. The van der Waals surface area contributed by atoms with Crippen LogP contribution in [0.15, 0.2) is 24.3 Å². The van der Waals surface area contributed by atoms with E-state index >= 15 is 0 Å². The zero-order chi connectivity index (χ0) is 15.6. The van der Waals surface area contributed by atoms with Crippen LogP contribution in [0.2, 0.25) is 5.02 Å². The van der Waals surface area contributed by atoms with Gasteiger partial charge in [-0.3, -0.25) is 4.79 Å². The van der Waals surface area contributed by atoms with Gasteiger partial charge in [0.25, 0.3) is 0 Å². The van der Waals surface area contributed by atoms with E-state index in [-0.39, 0.29) is 11.9 Å². The Hall–Kier alpha value is -1.64. The van der Waals surface area contributed by atoms with Crippen LogP contribution in [0.4, 0.5) is 0 Å². The normalized spacial score (nSPS) is 15.0. The van der Waals surface area contributed by atoms with Gasteiger partial charge in [-0.1, -0.05) is 16.6 Å². The molecule has 1 fully saturated rings. The second-order valence-corrected chi connectivity index (χ2v) is 6.75.